The van der Waals surface area contributed by atoms with Gasteiger partial charge in [0.1, 0.15) is 36.7 Å². The van der Waals surface area contributed by atoms with E-state index >= 15 is 4.39 Å². The zero-order valence-corrected chi connectivity index (χ0v) is 47.3. The Morgan fingerprint density at radius 2 is 0.494 bits per heavy atom. The fourth-order valence-electron chi connectivity index (χ4n) is 13.6. The molecule has 0 aliphatic heterocycles. The van der Waals surface area contributed by atoms with Crippen LogP contribution in [0.3, 0.4) is 0 Å². The molecule has 9 aromatic carbocycles. The number of halogens is 1. The maximum absolute atomic E-state index is 21.4. The molecule has 0 bridgehead atoms. The van der Waals surface area contributed by atoms with Crippen molar-refractivity contribution in [3.63, 3.8) is 0 Å². The zero-order chi connectivity index (χ0) is 58.1. The van der Waals surface area contributed by atoms with Gasteiger partial charge in [0.15, 0.2) is 5.82 Å². The van der Waals surface area contributed by atoms with Crippen LogP contribution >= 0.6 is 0 Å². The average Bonchev–Trinajstić information content (AvgIpc) is 1.72. The van der Waals surface area contributed by atoms with Crippen LogP contribution in [0.1, 0.15) is 26.3 Å². The first-order valence-corrected chi connectivity index (χ1v) is 28.8. The lowest BCUT2D eigenvalue weighted by Crippen LogP contribution is -2.24. The van der Waals surface area contributed by atoms with Crippen molar-refractivity contribution in [2.45, 2.75) is 26.2 Å². The van der Waals surface area contributed by atoms with Gasteiger partial charge in [0.25, 0.3) is 0 Å². The van der Waals surface area contributed by atoms with Gasteiger partial charge in [-0.2, -0.15) is 0 Å². The van der Waals surface area contributed by atoms with Gasteiger partial charge in [0, 0.05) is 120 Å². The van der Waals surface area contributed by atoms with Crippen molar-refractivity contribution in [3.8, 4) is 67.3 Å². The van der Waals surface area contributed by atoms with E-state index in [4.69, 9.17) is 0 Å². The fraction of sp³-hybridized carbons (Fsp3) is 0.0541. The number of nitrogens with zero attached hydrogens (tertiary/aromatic N) is 12. The number of aromatic nitrogens is 12. The molecule has 412 valence electrons. The van der Waals surface area contributed by atoms with E-state index in [2.05, 4.69) is 249 Å². The van der Waals surface area contributed by atoms with Crippen molar-refractivity contribution in [1.82, 2.24) is 58.1 Å². The first-order chi connectivity index (χ1) is 42.8. The van der Waals surface area contributed by atoms with Crippen molar-refractivity contribution < 1.29 is 4.39 Å². The second-order valence-electron chi connectivity index (χ2n) is 23.2. The summed E-state index contributed by atoms with van der Waals surface area (Å²) >= 11 is 0. The number of rotatable bonds is 8. The van der Waals surface area contributed by atoms with Crippen LogP contribution in [0.25, 0.3) is 154 Å². The molecular weight excluding hydrogens is 1080 g/mol. The van der Waals surface area contributed by atoms with E-state index in [1.165, 1.54) is 0 Å². The highest BCUT2D eigenvalue weighted by Crippen LogP contribution is 2.52. The van der Waals surface area contributed by atoms with E-state index in [9.17, 15) is 0 Å². The highest BCUT2D eigenvalue weighted by molar-refractivity contribution is 6.16. The summed E-state index contributed by atoms with van der Waals surface area (Å²) in [6, 6.07) is 59.6. The minimum absolute atomic E-state index is 0.399. The summed E-state index contributed by atoms with van der Waals surface area (Å²) in [5, 5.41) is 7.85. The third kappa shape index (κ3) is 7.62. The quantitative estimate of drug-likeness (QED) is 0.147. The minimum atomic E-state index is -0.753. The number of hydrogen-bond donors (Lipinski definition) is 0. The van der Waals surface area contributed by atoms with Gasteiger partial charge in [-0.3, -0.25) is 0 Å². The summed E-state index contributed by atoms with van der Waals surface area (Å²) in [6.45, 7) is 6.80. The van der Waals surface area contributed by atoms with Crippen LogP contribution in [0.5, 0.6) is 0 Å². The monoisotopic (exact) mass is 1120 g/mol. The summed E-state index contributed by atoms with van der Waals surface area (Å²) in [6.07, 6.45) is 20.9. The SMILES string of the molecule is CC(C)(C)c1c(-n2c3ccc(-c4cncnc4)cc3c3cc(-c4cncnc4)ccc32)c(-n2c3ccccc3c3ccccc32)c(F)c(-n2c3ccccc3c3ccccc32)c1-n1c2ccc(-c3cncnc3)cc2c2cc(-c3cncnc3)ccc21. The van der Waals surface area contributed by atoms with Crippen molar-refractivity contribution in [3.05, 3.63) is 256 Å². The van der Waals surface area contributed by atoms with Crippen LogP contribution in [0.15, 0.2) is 245 Å². The average molecular weight is 1130 g/mol. The molecule has 0 saturated carbocycles. The van der Waals surface area contributed by atoms with E-state index in [1.54, 1.807) is 25.3 Å². The second kappa shape index (κ2) is 19.2. The maximum Gasteiger partial charge on any atom is 0.175 e. The van der Waals surface area contributed by atoms with E-state index in [0.29, 0.717) is 22.7 Å². The van der Waals surface area contributed by atoms with Crippen molar-refractivity contribution in [1.29, 1.82) is 0 Å². The topological polar surface area (TPSA) is 123 Å². The molecule has 0 amide bonds. The van der Waals surface area contributed by atoms with Crippen molar-refractivity contribution in [2.24, 2.45) is 0 Å². The Morgan fingerprint density at radius 3 is 0.747 bits per heavy atom. The predicted molar refractivity (Wildman–Crippen MR) is 347 cm³/mol. The molecule has 8 aromatic heterocycles. The highest BCUT2D eigenvalue weighted by atomic mass is 19.1. The first-order valence-electron chi connectivity index (χ1n) is 28.8. The lowest BCUT2D eigenvalue weighted by Gasteiger charge is -2.33. The molecule has 0 atom stereocenters. The predicted octanol–water partition coefficient (Wildman–Crippen LogP) is 17.3. The maximum atomic E-state index is 21.4. The van der Waals surface area contributed by atoms with Gasteiger partial charge in [-0.1, -0.05) is 118 Å². The Hall–Kier alpha value is -11.6. The van der Waals surface area contributed by atoms with E-state index in [-0.39, 0.29) is 0 Å². The van der Waals surface area contributed by atoms with Gasteiger partial charge < -0.3 is 18.3 Å². The molecule has 17 rings (SSSR count). The van der Waals surface area contributed by atoms with Gasteiger partial charge in [-0.05, 0) is 100 Å². The summed E-state index contributed by atoms with van der Waals surface area (Å²) in [5.41, 5.74) is 16.5. The smallest absolute Gasteiger partial charge is 0.175 e. The largest absolute Gasteiger partial charge is 0.307 e. The molecule has 0 unspecified atom stereocenters. The Balaban J connectivity index is 1.14. The van der Waals surface area contributed by atoms with Crippen LogP contribution in [0.2, 0.25) is 0 Å². The molecule has 13 heteroatoms. The van der Waals surface area contributed by atoms with Crippen LogP contribution in [-0.4, -0.2) is 58.1 Å². The summed E-state index contributed by atoms with van der Waals surface area (Å²) in [4.78, 5) is 35.5. The van der Waals surface area contributed by atoms with Gasteiger partial charge >= 0.3 is 0 Å². The minimum Gasteiger partial charge on any atom is -0.307 e. The highest BCUT2D eigenvalue weighted by Gasteiger charge is 2.38. The fourth-order valence-corrected chi connectivity index (χ4v) is 13.6. The van der Waals surface area contributed by atoms with Gasteiger partial charge in [-0.25, -0.2) is 44.3 Å². The van der Waals surface area contributed by atoms with Crippen LogP contribution in [0, 0.1) is 5.82 Å². The zero-order valence-electron chi connectivity index (χ0n) is 47.3. The Labute approximate surface area is 496 Å². The van der Waals surface area contributed by atoms with Gasteiger partial charge in [0.05, 0.1) is 55.5 Å². The summed E-state index contributed by atoms with van der Waals surface area (Å²) < 4.78 is 30.4. The molecule has 0 radical (unpaired) electrons. The normalized spacial score (nSPS) is 12.1. The molecule has 12 nitrogen and oxygen atoms in total. The molecule has 87 heavy (non-hydrogen) atoms. The molecule has 0 N–H and O–H groups in total. The molecule has 0 fully saturated rings. The summed E-state index contributed by atoms with van der Waals surface area (Å²) in [5.74, 6) is -0.414. The lowest BCUT2D eigenvalue weighted by molar-refractivity contribution is 0.571. The third-order valence-electron chi connectivity index (χ3n) is 17.2. The van der Waals surface area contributed by atoms with E-state index in [1.807, 2.05) is 49.6 Å². The van der Waals surface area contributed by atoms with E-state index in [0.717, 1.165) is 137 Å². The number of benzene rings is 9. The number of para-hydroxylation sites is 4. The molecular formula is C74H49FN12. The summed E-state index contributed by atoms with van der Waals surface area (Å²) in [7, 11) is 0. The second-order valence-corrected chi connectivity index (χ2v) is 23.2. The van der Waals surface area contributed by atoms with Crippen molar-refractivity contribution in [2.75, 3.05) is 0 Å². The number of fused-ring (bicyclic) bond motifs is 12. The Morgan fingerprint density at radius 1 is 0.264 bits per heavy atom. The van der Waals surface area contributed by atoms with Crippen LogP contribution < -0.4 is 0 Å². The van der Waals surface area contributed by atoms with Gasteiger partial charge in [-0.15, -0.1) is 0 Å². The standard InChI is InChI=1S/C74H49FN12/c1-74(2,3)68-70(84-64-24-20-44(48-32-76-40-77-33-48)28-56(64)57-29-45(21-25-65(57)84)49-34-78-41-79-35-49)72(86-60-16-8-4-12-52(60)53-13-5-9-17-61(53)86)69(75)73(87-62-18-10-6-14-54(62)55-15-7-11-19-63(55)87)71(68)85-66-26-22-46(50-36-80-42-81-37-50)30-58(66)59-31-47(23-27-67(59)85)51-38-82-43-83-39-51/h4-43H,1-3H3. The van der Waals surface area contributed by atoms with Crippen molar-refractivity contribution >= 4 is 87.2 Å². The van der Waals surface area contributed by atoms with Crippen LogP contribution in [0.4, 0.5) is 4.39 Å². The number of hydrogen-bond acceptors (Lipinski definition) is 8. The Bertz CT molecular complexity index is 4990. The van der Waals surface area contributed by atoms with E-state index < -0.39 is 11.2 Å². The van der Waals surface area contributed by atoms with Gasteiger partial charge in [0.2, 0.25) is 0 Å². The first kappa shape index (κ1) is 50.0. The molecule has 8 heterocycles. The molecule has 17 aromatic rings. The third-order valence-corrected chi connectivity index (χ3v) is 17.2. The lowest BCUT2D eigenvalue weighted by atomic mass is 9.82. The molecule has 0 aliphatic rings. The molecule has 0 spiro atoms. The molecule has 0 aliphatic carbocycles. The van der Waals surface area contributed by atoms with Crippen LogP contribution in [-0.2, 0) is 5.41 Å². The molecule has 0 saturated heterocycles. The Kier molecular flexibility index (Phi) is 11.1.